The van der Waals surface area contributed by atoms with Crippen LogP contribution in [0.2, 0.25) is 0 Å². The van der Waals surface area contributed by atoms with Crippen LogP contribution in [0.5, 0.6) is 0 Å². The standard InChI is InChI=1S/C12H23NO3/c13-9-12(5-3-6-14-10-12)16-8-11-4-1-2-7-15-11/h11H,1-10,13H2. The van der Waals surface area contributed by atoms with Gasteiger partial charge in [-0.1, -0.05) is 0 Å². The molecule has 0 aromatic rings. The number of nitrogens with two attached hydrogens (primary N) is 1. The SMILES string of the molecule is NCC1(OCC2CCCCO2)CCCOC1. The first-order valence-corrected chi connectivity index (χ1v) is 6.38. The molecule has 4 heteroatoms. The molecule has 2 unspecified atom stereocenters. The summed E-state index contributed by atoms with van der Waals surface area (Å²) in [4.78, 5) is 0. The lowest BCUT2D eigenvalue weighted by atomic mass is 9.96. The predicted octanol–water partition coefficient (Wildman–Crippen LogP) is 1.08. The second-order valence-electron chi connectivity index (χ2n) is 4.84. The third-order valence-corrected chi connectivity index (χ3v) is 3.51. The maximum absolute atomic E-state index is 5.98. The third-order valence-electron chi connectivity index (χ3n) is 3.51. The summed E-state index contributed by atoms with van der Waals surface area (Å²) in [6.07, 6.45) is 5.86. The molecule has 0 aromatic carbocycles. The molecular weight excluding hydrogens is 206 g/mol. The Balaban J connectivity index is 1.77. The minimum Gasteiger partial charge on any atom is -0.378 e. The molecule has 0 saturated carbocycles. The fourth-order valence-electron chi connectivity index (χ4n) is 2.37. The van der Waals surface area contributed by atoms with E-state index < -0.39 is 0 Å². The van der Waals surface area contributed by atoms with Crippen molar-refractivity contribution in [1.82, 2.24) is 0 Å². The summed E-state index contributed by atoms with van der Waals surface area (Å²) in [5, 5.41) is 0. The summed E-state index contributed by atoms with van der Waals surface area (Å²) in [5.74, 6) is 0. The van der Waals surface area contributed by atoms with Gasteiger partial charge in [-0.3, -0.25) is 0 Å². The minimum absolute atomic E-state index is 0.251. The molecule has 2 atom stereocenters. The largest absolute Gasteiger partial charge is 0.378 e. The first-order valence-electron chi connectivity index (χ1n) is 6.38. The van der Waals surface area contributed by atoms with Crippen LogP contribution in [0.1, 0.15) is 32.1 Å². The molecule has 16 heavy (non-hydrogen) atoms. The van der Waals surface area contributed by atoms with Crippen molar-refractivity contribution in [2.75, 3.05) is 33.0 Å². The van der Waals surface area contributed by atoms with Gasteiger partial charge in [0.15, 0.2) is 0 Å². The van der Waals surface area contributed by atoms with Gasteiger partial charge in [0.2, 0.25) is 0 Å². The Morgan fingerprint density at radius 2 is 2.19 bits per heavy atom. The molecule has 2 fully saturated rings. The summed E-state index contributed by atoms with van der Waals surface area (Å²) < 4.78 is 17.1. The van der Waals surface area contributed by atoms with Gasteiger partial charge in [-0.2, -0.15) is 0 Å². The van der Waals surface area contributed by atoms with Crippen molar-refractivity contribution >= 4 is 0 Å². The normalized spacial score (nSPS) is 36.2. The van der Waals surface area contributed by atoms with Gasteiger partial charge in [-0.05, 0) is 32.1 Å². The molecule has 0 amide bonds. The number of ether oxygens (including phenoxy) is 3. The van der Waals surface area contributed by atoms with Gasteiger partial charge in [0, 0.05) is 19.8 Å². The van der Waals surface area contributed by atoms with E-state index >= 15 is 0 Å². The van der Waals surface area contributed by atoms with Crippen LogP contribution in [0, 0.1) is 0 Å². The zero-order valence-electron chi connectivity index (χ0n) is 9.95. The van der Waals surface area contributed by atoms with Crippen LogP contribution < -0.4 is 5.73 Å². The first-order chi connectivity index (χ1) is 7.85. The second-order valence-corrected chi connectivity index (χ2v) is 4.84. The molecule has 2 rings (SSSR count). The van der Waals surface area contributed by atoms with Gasteiger partial charge in [-0.25, -0.2) is 0 Å². The molecule has 2 aliphatic heterocycles. The molecule has 94 valence electrons. The van der Waals surface area contributed by atoms with Crippen LogP contribution in [0.3, 0.4) is 0 Å². The van der Waals surface area contributed by atoms with Crippen molar-refractivity contribution in [2.45, 2.75) is 43.8 Å². The van der Waals surface area contributed by atoms with Crippen molar-refractivity contribution in [3.05, 3.63) is 0 Å². The van der Waals surface area contributed by atoms with Gasteiger partial charge in [0.05, 0.1) is 19.3 Å². The van der Waals surface area contributed by atoms with Gasteiger partial charge >= 0.3 is 0 Å². The fraction of sp³-hybridized carbons (Fsp3) is 1.00. The van der Waals surface area contributed by atoms with Crippen LogP contribution in [-0.4, -0.2) is 44.7 Å². The van der Waals surface area contributed by atoms with Crippen LogP contribution in [0.15, 0.2) is 0 Å². The Morgan fingerprint density at radius 3 is 2.81 bits per heavy atom. The van der Waals surface area contributed by atoms with Crippen molar-refractivity contribution < 1.29 is 14.2 Å². The number of rotatable bonds is 4. The molecule has 2 heterocycles. The summed E-state index contributed by atoms with van der Waals surface area (Å²) in [7, 11) is 0. The maximum atomic E-state index is 5.98. The third kappa shape index (κ3) is 3.17. The average molecular weight is 229 g/mol. The monoisotopic (exact) mass is 229 g/mol. The maximum Gasteiger partial charge on any atom is 0.104 e. The molecule has 0 aliphatic carbocycles. The summed E-state index contributed by atoms with van der Waals surface area (Å²) in [6, 6.07) is 0. The molecule has 0 aromatic heterocycles. The molecule has 2 aliphatic rings. The summed E-state index contributed by atoms with van der Waals surface area (Å²) in [6.45, 7) is 3.56. The smallest absolute Gasteiger partial charge is 0.104 e. The van der Waals surface area contributed by atoms with Gasteiger partial charge in [0.25, 0.3) is 0 Å². The summed E-state index contributed by atoms with van der Waals surface area (Å²) >= 11 is 0. The van der Waals surface area contributed by atoms with Crippen molar-refractivity contribution in [3.8, 4) is 0 Å². The quantitative estimate of drug-likeness (QED) is 0.783. The number of hydrogen-bond donors (Lipinski definition) is 1. The van der Waals surface area contributed by atoms with E-state index in [0.717, 1.165) is 32.5 Å². The van der Waals surface area contributed by atoms with Crippen LogP contribution >= 0.6 is 0 Å². The van der Waals surface area contributed by atoms with E-state index in [1.807, 2.05) is 0 Å². The van der Waals surface area contributed by atoms with Gasteiger partial charge in [0.1, 0.15) is 5.60 Å². The zero-order valence-corrected chi connectivity index (χ0v) is 9.95. The lowest BCUT2D eigenvalue weighted by Crippen LogP contribution is -2.49. The molecule has 4 nitrogen and oxygen atoms in total. The molecule has 2 N–H and O–H groups in total. The molecule has 0 radical (unpaired) electrons. The highest BCUT2D eigenvalue weighted by molar-refractivity contribution is 4.85. The molecule has 0 bridgehead atoms. The Kier molecular flexibility index (Phi) is 4.58. The van der Waals surface area contributed by atoms with E-state index in [-0.39, 0.29) is 11.7 Å². The highest BCUT2D eigenvalue weighted by Crippen LogP contribution is 2.24. The van der Waals surface area contributed by atoms with Gasteiger partial charge < -0.3 is 19.9 Å². The first kappa shape index (κ1) is 12.3. The lowest BCUT2D eigenvalue weighted by Gasteiger charge is -2.37. The van der Waals surface area contributed by atoms with Crippen LogP contribution in [0.25, 0.3) is 0 Å². The van der Waals surface area contributed by atoms with Crippen molar-refractivity contribution in [1.29, 1.82) is 0 Å². The summed E-state index contributed by atoms with van der Waals surface area (Å²) in [5.41, 5.74) is 5.56. The minimum atomic E-state index is -0.251. The average Bonchev–Trinajstić information content (AvgIpc) is 2.39. The van der Waals surface area contributed by atoms with E-state index in [2.05, 4.69) is 0 Å². The van der Waals surface area contributed by atoms with Crippen LogP contribution in [-0.2, 0) is 14.2 Å². The Bertz CT molecular complexity index is 198. The second kappa shape index (κ2) is 5.96. The Morgan fingerprint density at radius 1 is 1.25 bits per heavy atom. The van der Waals surface area contributed by atoms with E-state index in [0.29, 0.717) is 19.8 Å². The molecule has 0 spiro atoms. The van der Waals surface area contributed by atoms with Crippen molar-refractivity contribution in [3.63, 3.8) is 0 Å². The predicted molar refractivity (Wildman–Crippen MR) is 61.4 cm³/mol. The van der Waals surface area contributed by atoms with E-state index in [4.69, 9.17) is 19.9 Å². The molecular formula is C12H23NO3. The van der Waals surface area contributed by atoms with Crippen LogP contribution in [0.4, 0.5) is 0 Å². The zero-order chi connectivity index (χ0) is 11.3. The topological polar surface area (TPSA) is 53.7 Å². The Labute approximate surface area is 97.4 Å². The van der Waals surface area contributed by atoms with Gasteiger partial charge in [-0.15, -0.1) is 0 Å². The Hall–Kier alpha value is -0.160. The van der Waals surface area contributed by atoms with E-state index in [1.165, 1.54) is 12.8 Å². The van der Waals surface area contributed by atoms with E-state index in [9.17, 15) is 0 Å². The fourth-order valence-corrected chi connectivity index (χ4v) is 2.37. The highest BCUT2D eigenvalue weighted by atomic mass is 16.6. The van der Waals surface area contributed by atoms with E-state index in [1.54, 1.807) is 0 Å². The van der Waals surface area contributed by atoms with Crippen molar-refractivity contribution in [2.24, 2.45) is 5.73 Å². The number of hydrogen-bond acceptors (Lipinski definition) is 4. The lowest BCUT2D eigenvalue weighted by molar-refractivity contribution is -0.151. The highest BCUT2D eigenvalue weighted by Gasteiger charge is 2.33. The molecule has 2 saturated heterocycles.